The molecule has 0 saturated heterocycles. The normalized spacial score (nSPS) is 35.6. The molecule has 2 saturated carbocycles. The van der Waals surface area contributed by atoms with E-state index in [4.69, 9.17) is 4.43 Å². The van der Waals surface area contributed by atoms with E-state index in [2.05, 4.69) is 39.9 Å². The Hall–Kier alpha value is -0.803. The van der Waals surface area contributed by atoms with Crippen LogP contribution in [0.15, 0.2) is 18.2 Å². The molecule has 1 aromatic carbocycles. The van der Waals surface area contributed by atoms with Gasteiger partial charge in [0.05, 0.1) is 0 Å². The lowest BCUT2D eigenvalue weighted by atomic mass is 9.51. The number of fused-ring (bicyclic) bond motifs is 5. The Bertz CT molecular complexity index is 692. The molecule has 5 atom stereocenters. The summed E-state index contributed by atoms with van der Waals surface area (Å²) in [6.45, 7) is 12.9. The molecule has 0 spiro atoms. The average molecular weight is 386 g/mol. The predicted molar refractivity (Wildman–Crippen MR) is 113 cm³/mol. The maximum atomic E-state index is 9.91. The van der Waals surface area contributed by atoms with Gasteiger partial charge in [-0.1, -0.05) is 26.8 Å². The van der Waals surface area contributed by atoms with Crippen molar-refractivity contribution in [3.8, 4) is 5.75 Å². The molecule has 0 aromatic heterocycles. The molecule has 0 amide bonds. The second kappa shape index (κ2) is 6.91. The topological polar surface area (TPSA) is 29.5 Å². The summed E-state index contributed by atoms with van der Waals surface area (Å²) in [4.78, 5) is 0. The first kappa shape index (κ1) is 19.5. The van der Waals surface area contributed by atoms with Crippen molar-refractivity contribution in [2.24, 2.45) is 28.6 Å². The van der Waals surface area contributed by atoms with Gasteiger partial charge in [-0.05, 0) is 109 Å². The van der Waals surface area contributed by atoms with Gasteiger partial charge in [-0.25, -0.2) is 0 Å². The molecule has 2 nitrogen and oxygen atoms in total. The van der Waals surface area contributed by atoms with Gasteiger partial charge in [-0.2, -0.15) is 0 Å². The van der Waals surface area contributed by atoms with Gasteiger partial charge >= 0.3 is 0 Å². The molecule has 4 rings (SSSR count). The smallest absolute Gasteiger partial charge is 0.204 e. The average Bonchev–Trinajstić information content (AvgIpc) is 2.99. The van der Waals surface area contributed by atoms with Crippen molar-refractivity contribution in [1.82, 2.24) is 0 Å². The molecule has 3 aliphatic carbocycles. The second-order valence-corrected chi connectivity index (χ2v) is 12.9. The fourth-order valence-electron chi connectivity index (χ4n) is 7.23. The van der Waals surface area contributed by atoms with Gasteiger partial charge in [0.15, 0.2) is 0 Å². The van der Waals surface area contributed by atoms with Crippen LogP contribution in [-0.2, 0) is 10.8 Å². The summed E-state index contributed by atoms with van der Waals surface area (Å²) in [6.07, 6.45) is 7.80. The van der Waals surface area contributed by atoms with E-state index in [1.165, 1.54) is 43.2 Å². The summed E-state index contributed by atoms with van der Waals surface area (Å²) < 4.78 is 6.45. The lowest BCUT2D eigenvalue weighted by molar-refractivity contribution is -0.0562. The summed E-state index contributed by atoms with van der Waals surface area (Å²) >= 11 is 0. The minimum absolute atomic E-state index is 0.359. The highest BCUT2D eigenvalue weighted by atomic mass is 28.3. The minimum Gasteiger partial charge on any atom is -0.508 e. The summed E-state index contributed by atoms with van der Waals surface area (Å²) in [7, 11) is -0.654. The molecule has 0 bridgehead atoms. The van der Waals surface area contributed by atoms with E-state index in [0.717, 1.165) is 30.8 Å². The number of phenolic OH excluding ortho intramolecular Hbond substituents is 1. The van der Waals surface area contributed by atoms with Crippen molar-refractivity contribution in [2.75, 3.05) is 6.61 Å². The molecule has 1 aromatic rings. The zero-order chi connectivity index (χ0) is 19.4. The van der Waals surface area contributed by atoms with E-state index in [1.807, 2.05) is 12.1 Å². The van der Waals surface area contributed by atoms with Gasteiger partial charge < -0.3 is 9.53 Å². The van der Waals surface area contributed by atoms with E-state index >= 15 is 0 Å². The second-order valence-electron chi connectivity index (χ2n) is 10.8. The summed E-state index contributed by atoms with van der Waals surface area (Å²) in [6, 6.07) is 6.15. The highest BCUT2D eigenvalue weighted by Gasteiger charge is 2.59. The fourth-order valence-corrected chi connectivity index (χ4v) is 7.79. The van der Waals surface area contributed by atoms with Gasteiger partial charge in [-0.3, -0.25) is 0 Å². The molecule has 27 heavy (non-hydrogen) atoms. The number of aromatic hydroxyl groups is 1. The van der Waals surface area contributed by atoms with Crippen LogP contribution in [0.5, 0.6) is 5.75 Å². The molecule has 1 unspecified atom stereocenters. The quantitative estimate of drug-likeness (QED) is 0.632. The molecule has 1 N–H and O–H groups in total. The van der Waals surface area contributed by atoms with Gasteiger partial charge in [0, 0.05) is 6.61 Å². The van der Waals surface area contributed by atoms with Crippen molar-refractivity contribution in [3.63, 3.8) is 0 Å². The molecule has 3 aliphatic rings. The van der Waals surface area contributed by atoms with E-state index in [9.17, 15) is 5.11 Å². The largest absolute Gasteiger partial charge is 0.508 e. The first-order valence-electron chi connectivity index (χ1n) is 11.0. The number of hydrogen-bond donors (Lipinski definition) is 1. The van der Waals surface area contributed by atoms with E-state index in [1.54, 1.807) is 0 Å². The molecule has 0 heterocycles. The van der Waals surface area contributed by atoms with Crippen LogP contribution in [0, 0.1) is 28.6 Å². The Kier molecular flexibility index (Phi) is 5.00. The summed E-state index contributed by atoms with van der Waals surface area (Å²) in [5.41, 5.74) is 3.68. The highest BCUT2D eigenvalue weighted by Crippen LogP contribution is 2.66. The summed E-state index contributed by atoms with van der Waals surface area (Å²) in [5.74, 6) is 3.51. The molecule has 2 fully saturated rings. The van der Waals surface area contributed by atoms with Crippen LogP contribution in [0.1, 0.15) is 69.9 Å². The highest BCUT2D eigenvalue weighted by molar-refractivity contribution is 6.48. The lowest BCUT2D eigenvalue weighted by Crippen LogP contribution is -2.50. The zero-order valence-corrected chi connectivity index (χ0v) is 18.8. The monoisotopic (exact) mass is 385 g/mol. The Morgan fingerprint density at radius 3 is 2.63 bits per heavy atom. The Balaban J connectivity index is 1.68. The standard InChI is InChI=1S/C24H37O2Si/c1-23(2,3)22-11-10-21-20-8-6-16-14-17(25)7-9-18(16)19(20)12-13-24(21,22)15-26-27(4)5/h7,9,14,19-22,25H,6,8,10-13,15H2,1-5H3/t19-,20-,21+,22?,24-/m1/s1. The fraction of sp³-hybridized carbons (Fsp3) is 0.750. The molecule has 3 heteroatoms. The zero-order valence-electron chi connectivity index (χ0n) is 17.8. The van der Waals surface area contributed by atoms with Crippen molar-refractivity contribution < 1.29 is 9.53 Å². The van der Waals surface area contributed by atoms with E-state index in [0.29, 0.717) is 22.5 Å². The Morgan fingerprint density at radius 2 is 1.93 bits per heavy atom. The van der Waals surface area contributed by atoms with Crippen LogP contribution in [0.25, 0.3) is 0 Å². The van der Waals surface area contributed by atoms with Crippen molar-refractivity contribution >= 4 is 9.04 Å². The first-order valence-corrected chi connectivity index (χ1v) is 13.4. The lowest BCUT2D eigenvalue weighted by Gasteiger charge is -2.55. The number of rotatable bonds is 3. The van der Waals surface area contributed by atoms with Crippen molar-refractivity contribution in [2.45, 2.75) is 78.3 Å². The van der Waals surface area contributed by atoms with Crippen LogP contribution in [-0.4, -0.2) is 20.8 Å². The maximum absolute atomic E-state index is 9.91. The summed E-state index contributed by atoms with van der Waals surface area (Å²) in [5, 5.41) is 9.91. The predicted octanol–water partition coefficient (Wildman–Crippen LogP) is 6.16. The molecule has 1 radical (unpaired) electrons. The van der Waals surface area contributed by atoms with Gasteiger partial charge in [0.1, 0.15) is 5.75 Å². The first-order chi connectivity index (χ1) is 12.7. The third-order valence-corrected chi connectivity index (χ3v) is 8.82. The molecular formula is C24H37O2Si. The Morgan fingerprint density at radius 1 is 1.15 bits per heavy atom. The van der Waals surface area contributed by atoms with Crippen LogP contribution >= 0.6 is 0 Å². The van der Waals surface area contributed by atoms with Gasteiger partial charge in [0.25, 0.3) is 0 Å². The van der Waals surface area contributed by atoms with Crippen molar-refractivity contribution in [1.29, 1.82) is 0 Å². The Labute approximate surface area is 167 Å². The van der Waals surface area contributed by atoms with Gasteiger partial charge in [-0.15, -0.1) is 0 Å². The number of phenols is 1. The third-order valence-electron chi connectivity index (χ3n) is 8.10. The van der Waals surface area contributed by atoms with Crippen molar-refractivity contribution in [3.05, 3.63) is 29.3 Å². The molecular weight excluding hydrogens is 348 g/mol. The van der Waals surface area contributed by atoms with Crippen LogP contribution < -0.4 is 0 Å². The SMILES string of the molecule is C[Si](C)OC[C@]12CC[C@@H]3c4ccc(O)cc4CC[C@H]3[C@@H]1CCC2C(C)(C)C. The number of aryl methyl sites for hydroxylation is 1. The number of benzene rings is 1. The van der Waals surface area contributed by atoms with Crippen LogP contribution in [0.3, 0.4) is 0 Å². The van der Waals surface area contributed by atoms with E-state index in [-0.39, 0.29) is 0 Å². The van der Waals surface area contributed by atoms with Crippen LogP contribution in [0.4, 0.5) is 0 Å². The third kappa shape index (κ3) is 3.29. The van der Waals surface area contributed by atoms with Crippen LogP contribution in [0.2, 0.25) is 13.1 Å². The minimum atomic E-state index is -0.654. The van der Waals surface area contributed by atoms with E-state index < -0.39 is 9.04 Å². The van der Waals surface area contributed by atoms with Gasteiger partial charge in [0.2, 0.25) is 9.04 Å². The molecule has 149 valence electrons. The number of hydrogen-bond acceptors (Lipinski definition) is 2. The maximum Gasteiger partial charge on any atom is 0.204 e. The molecule has 0 aliphatic heterocycles.